The van der Waals surface area contributed by atoms with Crippen molar-refractivity contribution in [3.05, 3.63) is 27.3 Å². The van der Waals surface area contributed by atoms with Crippen LogP contribution in [0.4, 0.5) is 0 Å². The van der Waals surface area contributed by atoms with Gasteiger partial charge in [0.2, 0.25) is 0 Å². The largest absolute Gasteiger partial charge is 0.496 e. The highest BCUT2D eigenvalue weighted by atomic mass is 127. The van der Waals surface area contributed by atoms with Crippen molar-refractivity contribution in [1.82, 2.24) is 0 Å². The first kappa shape index (κ1) is 12.8. The Hall–Kier alpha value is -0.290. The molecule has 1 unspecified atom stereocenters. The van der Waals surface area contributed by atoms with Crippen LogP contribution in [0.2, 0.25) is 0 Å². The van der Waals surface area contributed by atoms with Gasteiger partial charge in [-0.05, 0) is 53.6 Å². The Morgan fingerprint density at radius 1 is 1.40 bits per heavy atom. The van der Waals surface area contributed by atoms with Gasteiger partial charge in [0.05, 0.1) is 23.4 Å². The average molecular weight is 320 g/mol. The van der Waals surface area contributed by atoms with Gasteiger partial charge in [-0.15, -0.1) is 0 Å². The maximum absolute atomic E-state index is 5.66. The second-order valence-electron chi connectivity index (χ2n) is 3.50. The molecule has 0 N–H and O–H groups in total. The summed E-state index contributed by atoms with van der Waals surface area (Å²) in [5, 5.41) is 0. The average Bonchev–Trinajstić information content (AvgIpc) is 2.26. The fourth-order valence-electron chi connectivity index (χ4n) is 1.16. The summed E-state index contributed by atoms with van der Waals surface area (Å²) in [5.41, 5.74) is 1.19. The van der Waals surface area contributed by atoms with Crippen molar-refractivity contribution in [3.63, 3.8) is 0 Å². The van der Waals surface area contributed by atoms with Crippen molar-refractivity contribution in [3.8, 4) is 5.75 Å². The van der Waals surface area contributed by atoms with Crippen LogP contribution >= 0.6 is 22.6 Å². The van der Waals surface area contributed by atoms with Crippen LogP contribution in [0.1, 0.15) is 25.8 Å². The first-order chi connectivity index (χ1) is 7.17. The number of rotatable bonds is 5. The second-order valence-corrected chi connectivity index (χ2v) is 4.66. The zero-order chi connectivity index (χ0) is 11.3. The number of hydrogen-bond acceptors (Lipinski definition) is 2. The highest BCUT2D eigenvalue weighted by molar-refractivity contribution is 14.1. The summed E-state index contributed by atoms with van der Waals surface area (Å²) in [7, 11) is 1.69. The van der Waals surface area contributed by atoms with Crippen LogP contribution < -0.4 is 4.74 Å². The van der Waals surface area contributed by atoms with Gasteiger partial charge in [-0.25, -0.2) is 0 Å². The zero-order valence-corrected chi connectivity index (χ0v) is 11.6. The number of benzene rings is 1. The van der Waals surface area contributed by atoms with Gasteiger partial charge < -0.3 is 9.47 Å². The van der Waals surface area contributed by atoms with Crippen LogP contribution in [-0.4, -0.2) is 13.2 Å². The molecule has 1 rings (SSSR count). The SMILES string of the molecule is CCC(C)OCc1ccc(OC)c(I)c1. The molecule has 0 radical (unpaired) electrons. The van der Waals surface area contributed by atoms with E-state index in [2.05, 4.69) is 42.5 Å². The van der Waals surface area contributed by atoms with Crippen molar-refractivity contribution in [1.29, 1.82) is 0 Å². The first-order valence-corrected chi connectivity index (χ1v) is 6.19. The van der Waals surface area contributed by atoms with Crippen LogP contribution in [0.5, 0.6) is 5.75 Å². The van der Waals surface area contributed by atoms with E-state index in [4.69, 9.17) is 9.47 Å². The fraction of sp³-hybridized carbons (Fsp3) is 0.500. The van der Waals surface area contributed by atoms with Gasteiger partial charge >= 0.3 is 0 Å². The third-order valence-electron chi connectivity index (χ3n) is 2.33. The van der Waals surface area contributed by atoms with E-state index < -0.39 is 0 Å². The van der Waals surface area contributed by atoms with Gasteiger partial charge in [0, 0.05) is 0 Å². The molecule has 1 aromatic rings. The molecule has 15 heavy (non-hydrogen) atoms. The summed E-state index contributed by atoms with van der Waals surface area (Å²) in [4.78, 5) is 0. The molecule has 3 heteroatoms. The van der Waals surface area contributed by atoms with Crippen molar-refractivity contribution in [2.75, 3.05) is 7.11 Å². The molecule has 0 fully saturated rings. The summed E-state index contributed by atoms with van der Waals surface area (Å²) < 4.78 is 12.0. The van der Waals surface area contributed by atoms with Crippen LogP contribution in [0.25, 0.3) is 0 Å². The first-order valence-electron chi connectivity index (χ1n) is 5.11. The predicted molar refractivity (Wildman–Crippen MR) is 70.3 cm³/mol. The molecule has 0 saturated carbocycles. The van der Waals surface area contributed by atoms with Gasteiger partial charge in [0.25, 0.3) is 0 Å². The quantitative estimate of drug-likeness (QED) is 0.772. The van der Waals surface area contributed by atoms with E-state index in [0.717, 1.165) is 15.7 Å². The Kier molecular flexibility index (Phi) is 5.39. The lowest BCUT2D eigenvalue weighted by Gasteiger charge is -2.11. The van der Waals surface area contributed by atoms with Crippen LogP contribution in [0.15, 0.2) is 18.2 Å². The Morgan fingerprint density at radius 3 is 2.67 bits per heavy atom. The molecule has 0 amide bonds. The minimum Gasteiger partial charge on any atom is -0.496 e. The molecular weight excluding hydrogens is 303 g/mol. The normalized spacial score (nSPS) is 12.5. The molecule has 0 saturated heterocycles. The van der Waals surface area contributed by atoms with Crippen molar-refractivity contribution < 1.29 is 9.47 Å². The van der Waals surface area contributed by atoms with Crippen LogP contribution in [-0.2, 0) is 11.3 Å². The lowest BCUT2D eigenvalue weighted by Crippen LogP contribution is -2.06. The highest BCUT2D eigenvalue weighted by Gasteiger charge is 2.03. The Balaban J connectivity index is 2.59. The zero-order valence-electron chi connectivity index (χ0n) is 9.42. The Bertz CT molecular complexity index is 312. The topological polar surface area (TPSA) is 18.5 Å². The van der Waals surface area contributed by atoms with Crippen molar-refractivity contribution in [2.24, 2.45) is 0 Å². The minimum absolute atomic E-state index is 0.324. The smallest absolute Gasteiger partial charge is 0.132 e. The Morgan fingerprint density at radius 2 is 2.13 bits per heavy atom. The van der Waals surface area contributed by atoms with Crippen molar-refractivity contribution in [2.45, 2.75) is 33.0 Å². The van der Waals surface area contributed by atoms with E-state index in [1.165, 1.54) is 5.56 Å². The summed E-state index contributed by atoms with van der Waals surface area (Å²) >= 11 is 2.27. The van der Waals surface area contributed by atoms with Gasteiger partial charge in [0.15, 0.2) is 0 Å². The van der Waals surface area contributed by atoms with Crippen molar-refractivity contribution >= 4 is 22.6 Å². The molecule has 0 bridgehead atoms. The molecule has 0 heterocycles. The maximum atomic E-state index is 5.66. The summed E-state index contributed by atoms with van der Waals surface area (Å²) in [6, 6.07) is 6.13. The number of ether oxygens (including phenoxy) is 2. The second kappa shape index (κ2) is 6.33. The summed E-state index contributed by atoms with van der Waals surface area (Å²) in [6.45, 7) is 4.89. The van der Waals surface area contributed by atoms with E-state index in [0.29, 0.717) is 12.7 Å². The molecular formula is C12H17IO2. The highest BCUT2D eigenvalue weighted by Crippen LogP contribution is 2.22. The van der Waals surface area contributed by atoms with Gasteiger partial charge in [-0.3, -0.25) is 0 Å². The lowest BCUT2D eigenvalue weighted by atomic mass is 10.2. The molecule has 84 valence electrons. The minimum atomic E-state index is 0.324. The third-order valence-corrected chi connectivity index (χ3v) is 3.17. The number of methoxy groups -OCH3 is 1. The molecule has 1 aromatic carbocycles. The number of halogens is 1. The monoisotopic (exact) mass is 320 g/mol. The standard InChI is InChI=1S/C12H17IO2/c1-4-9(2)15-8-10-5-6-12(14-3)11(13)7-10/h5-7,9H,4,8H2,1-3H3. The van der Waals surface area contributed by atoms with Gasteiger partial charge in [0.1, 0.15) is 5.75 Å². The van der Waals surface area contributed by atoms with Gasteiger partial charge in [-0.2, -0.15) is 0 Å². The molecule has 0 aromatic heterocycles. The molecule has 2 nitrogen and oxygen atoms in total. The van der Waals surface area contributed by atoms with E-state index in [-0.39, 0.29) is 0 Å². The molecule has 0 aliphatic heterocycles. The van der Waals surface area contributed by atoms with Gasteiger partial charge in [-0.1, -0.05) is 13.0 Å². The molecule has 0 aliphatic rings. The third kappa shape index (κ3) is 3.99. The maximum Gasteiger partial charge on any atom is 0.132 e. The van der Waals surface area contributed by atoms with Crippen LogP contribution in [0.3, 0.4) is 0 Å². The lowest BCUT2D eigenvalue weighted by molar-refractivity contribution is 0.0508. The van der Waals surface area contributed by atoms with E-state index in [1.54, 1.807) is 7.11 Å². The Labute approximate surface area is 105 Å². The molecule has 0 spiro atoms. The predicted octanol–water partition coefficient (Wildman–Crippen LogP) is 3.61. The summed E-state index contributed by atoms with van der Waals surface area (Å²) in [5.74, 6) is 0.919. The number of hydrogen-bond donors (Lipinski definition) is 0. The van der Waals surface area contributed by atoms with E-state index in [1.807, 2.05) is 12.1 Å². The summed E-state index contributed by atoms with van der Waals surface area (Å²) in [6.07, 6.45) is 1.37. The van der Waals surface area contributed by atoms with E-state index in [9.17, 15) is 0 Å². The van der Waals surface area contributed by atoms with Crippen LogP contribution in [0, 0.1) is 3.57 Å². The van der Waals surface area contributed by atoms with E-state index >= 15 is 0 Å². The molecule has 0 aliphatic carbocycles. The molecule has 1 atom stereocenters. The fourth-order valence-corrected chi connectivity index (χ4v) is 1.96.